The normalized spacial score (nSPS) is 15.0. The van der Waals surface area contributed by atoms with E-state index in [1.807, 2.05) is 104 Å². The summed E-state index contributed by atoms with van der Waals surface area (Å²) in [5.41, 5.74) is 3.60. The van der Waals surface area contributed by atoms with Gasteiger partial charge in [0.25, 0.3) is 0 Å². The minimum Gasteiger partial charge on any atom is -0.497 e. The first-order chi connectivity index (χ1) is 27.8. The summed E-state index contributed by atoms with van der Waals surface area (Å²) in [5.74, 6) is 2.28. The Labute approximate surface area is 340 Å². The first kappa shape index (κ1) is 39.8. The fraction of sp³-hybridized carbons (Fsp3) is 0.267. The molecule has 2 atom stereocenters. The third-order valence-corrected chi connectivity index (χ3v) is 11.3. The van der Waals surface area contributed by atoms with E-state index in [2.05, 4.69) is 20.3 Å². The average Bonchev–Trinajstić information content (AvgIpc) is 3.67. The number of thiazole rings is 1. The van der Waals surface area contributed by atoms with Crippen LogP contribution in [-0.4, -0.2) is 53.3 Å². The van der Waals surface area contributed by atoms with Crippen LogP contribution in [0.1, 0.15) is 73.0 Å². The number of nitrogens with one attached hydrogen (secondary N) is 1. The number of carbonyl (C=O) groups excluding carboxylic acids is 1. The molecule has 0 spiro atoms. The van der Waals surface area contributed by atoms with E-state index in [1.165, 1.54) is 18.4 Å². The maximum absolute atomic E-state index is 13.7. The molecule has 0 bridgehead atoms. The average molecular weight is 801 g/mol. The van der Waals surface area contributed by atoms with Crippen molar-refractivity contribution >= 4 is 28.3 Å². The van der Waals surface area contributed by atoms with E-state index in [4.69, 9.17) is 23.7 Å². The van der Waals surface area contributed by atoms with Crippen molar-refractivity contribution in [3.63, 3.8) is 0 Å². The summed E-state index contributed by atoms with van der Waals surface area (Å²) in [4.78, 5) is 38.9. The number of carbonyl (C=O) groups is 2. The van der Waals surface area contributed by atoms with Crippen LogP contribution in [0, 0.1) is 10.8 Å². The van der Waals surface area contributed by atoms with Gasteiger partial charge in [0.05, 0.1) is 37.9 Å². The number of carboxylic acid groups (broad SMARTS) is 1. The number of anilines is 1. The fourth-order valence-corrected chi connectivity index (χ4v) is 8.04. The highest BCUT2D eigenvalue weighted by Gasteiger charge is 2.45. The molecule has 3 aromatic carbocycles. The Morgan fingerprint density at radius 2 is 1.19 bits per heavy atom. The molecule has 2 unspecified atom stereocenters. The van der Waals surface area contributed by atoms with Gasteiger partial charge >= 0.3 is 5.97 Å². The van der Waals surface area contributed by atoms with E-state index in [9.17, 15) is 14.7 Å². The van der Waals surface area contributed by atoms with Crippen molar-refractivity contribution in [2.75, 3.05) is 26.6 Å². The van der Waals surface area contributed by atoms with Gasteiger partial charge in [0, 0.05) is 58.0 Å². The predicted molar refractivity (Wildman–Crippen MR) is 220 cm³/mol. The number of hydrogen-bond donors (Lipinski definition) is 2. The Kier molecular flexibility index (Phi) is 11.1. The number of amides is 1. The molecule has 6 aromatic rings. The third kappa shape index (κ3) is 7.77. The number of nitrogens with zero attached hydrogens (tertiary/aromatic N) is 3. The molecule has 2 aliphatic rings. The van der Waals surface area contributed by atoms with Gasteiger partial charge in [-0.15, -0.1) is 11.3 Å². The van der Waals surface area contributed by atoms with Gasteiger partial charge in [-0.2, -0.15) is 9.97 Å². The number of aliphatic carboxylic acids is 1. The van der Waals surface area contributed by atoms with Gasteiger partial charge in [-0.05, 0) is 55.8 Å². The summed E-state index contributed by atoms with van der Waals surface area (Å²) < 4.78 is 27.6. The summed E-state index contributed by atoms with van der Waals surface area (Å²) in [6.07, 6.45) is 0.675. The minimum absolute atomic E-state index is 0.128. The van der Waals surface area contributed by atoms with Crippen molar-refractivity contribution in [1.82, 2.24) is 15.0 Å². The highest BCUT2D eigenvalue weighted by atomic mass is 32.1. The minimum atomic E-state index is -0.995. The lowest BCUT2D eigenvalue weighted by atomic mass is 9.70. The number of carboxylic acids is 1. The lowest BCUT2D eigenvalue weighted by Gasteiger charge is -2.37. The maximum Gasteiger partial charge on any atom is 0.310 e. The number of ether oxygens (including phenoxy) is 5. The molecule has 0 radical (unpaired) electrons. The molecule has 0 fully saturated rings. The SMILES string of the molecule is COc1ccc(Cc2csc(NC(=O)C(C)(C)C3c4ccccc4Oc4nc(OC)ccc43)n2)cc1.COc1ccc2c(n1)Oc1ccccc1C2C(C)(C)C(=O)O. The van der Waals surface area contributed by atoms with Crippen LogP contribution in [-0.2, 0) is 16.0 Å². The largest absolute Gasteiger partial charge is 0.497 e. The Bertz CT molecular complexity index is 2460. The highest BCUT2D eigenvalue weighted by Crippen LogP contribution is 2.53. The second-order valence-electron chi connectivity index (χ2n) is 15.0. The maximum atomic E-state index is 13.7. The van der Waals surface area contributed by atoms with E-state index >= 15 is 0 Å². The zero-order valence-electron chi connectivity index (χ0n) is 33.2. The van der Waals surface area contributed by atoms with Gasteiger partial charge in [-0.25, -0.2) is 4.98 Å². The quantitative estimate of drug-likeness (QED) is 0.136. The van der Waals surface area contributed by atoms with Crippen molar-refractivity contribution in [2.45, 2.75) is 46.0 Å². The van der Waals surface area contributed by atoms with E-state index in [-0.39, 0.29) is 17.7 Å². The summed E-state index contributed by atoms with van der Waals surface area (Å²) >= 11 is 1.42. The number of pyridine rings is 2. The van der Waals surface area contributed by atoms with Crippen molar-refractivity contribution < 1.29 is 38.4 Å². The lowest BCUT2D eigenvalue weighted by molar-refractivity contribution is -0.147. The number of hydrogen-bond acceptors (Lipinski definition) is 11. The molecular formula is C45H44N4O8S. The zero-order chi connectivity index (χ0) is 41.2. The number of methoxy groups -OCH3 is 3. The van der Waals surface area contributed by atoms with Gasteiger partial charge in [0.1, 0.15) is 17.2 Å². The van der Waals surface area contributed by atoms with Crippen molar-refractivity contribution in [2.24, 2.45) is 10.8 Å². The van der Waals surface area contributed by atoms with Gasteiger partial charge in [-0.1, -0.05) is 62.4 Å². The lowest BCUT2D eigenvalue weighted by Crippen LogP contribution is -2.38. The van der Waals surface area contributed by atoms with Crippen LogP contribution in [0.3, 0.4) is 0 Å². The molecule has 298 valence electrons. The first-order valence-electron chi connectivity index (χ1n) is 18.6. The van der Waals surface area contributed by atoms with Gasteiger partial charge in [-0.3, -0.25) is 9.59 Å². The summed E-state index contributed by atoms with van der Waals surface area (Å²) in [7, 11) is 4.75. The van der Waals surface area contributed by atoms with Crippen LogP contribution in [0.5, 0.6) is 40.8 Å². The molecule has 1 amide bonds. The Balaban J connectivity index is 0.000000199. The molecule has 0 saturated carbocycles. The number of benzene rings is 3. The molecule has 3 aromatic heterocycles. The topological polar surface area (TPSA) is 151 Å². The van der Waals surface area contributed by atoms with Gasteiger partial charge < -0.3 is 34.1 Å². The molecule has 2 aliphatic heterocycles. The van der Waals surface area contributed by atoms with Crippen LogP contribution < -0.4 is 29.0 Å². The zero-order valence-corrected chi connectivity index (χ0v) is 34.0. The standard InChI is InChI=1S/C28H27N3O4S.C17H17NO4/c1-28(2,24-20-7-5-6-8-22(20)35-25-21(24)13-14-23(30-25)34-4)26(32)31-27-29-18(16-36-27)15-17-9-11-19(33-3)12-10-17;1-17(2,16(19)20)14-10-6-4-5-7-12(10)22-15-11(14)8-9-13(18-15)21-3/h5-14,16,24H,15H2,1-4H3,(H,29,31,32);4-9,14H,1-3H3,(H,19,20). The Morgan fingerprint density at radius 1 is 0.672 bits per heavy atom. The molecule has 58 heavy (non-hydrogen) atoms. The van der Waals surface area contributed by atoms with E-state index in [1.54, 1.807) is 40.2 Å². The molecule has 2 N–H and O–H groups in total. The number of rotatable bonds is 10. The van der Waals surface area contributed by atoms with Crippen LogP contribution in [0.2, 0.25) is 0 Å². The molecule has 13 heteroatoms. The number of fused-ring (bicyclic) bond motifs is 4. The third-order valence-electron chi connectivity index (χ3n) is 10.5. The van der Waals surface area contributed by atoms with Crippen LogP contribution in [0.25, 0.3) is 0 Å². The molecular weight excluding hydrogens is 757 g/mol. The predicted octanol–water partition coefficient (Wildman–Crippen LogP) is 9.49. The molecule has 0 aliphatic carbocycles. The van der Waals surface area contributed by atoms with Gasteiger partial charge in [0.15, 0.2) is 5.13 Å². The number of para-hydroxylation sites is 2. The molecule has 8 rings (SSSR count). The molecule has 5 heterocycles. The van der Waals surface area contributed by atoms with Crippen molar-refractivity contribution in [3.8, 4) is 40.8 Å². The Hall–Kier alpha value is -6.47. The monoisotopic (exact) mass is 800 g/mol. The highest BCUT2D eigenvalue weighted by molar-refractivity contribution is 7.13. The Morgan fingerprint density at radius 3 is 1.69 bits per heavy atom. The van der Waals surface area contributed by atoms with Crippen molar-refractivity contribution in [1.29, 1.82) is 0 Å². The van der Waals surface area contributed by atoms with E-state index in [0.717, 1.165) is 39.3 Å². The summed E-state index contributed by atoms with van der Waals surface area (Å²) in [6.45, 7) is 7.32. The molecule has 0 saturated heterocycles. The smallest absolute Gasteiger partial charge is 0.310 e. The van der Waals surface area contributed by atoms with E-state index < -0.39 is 16.8 Å². The number of aromatic nitrogens is 3. The molecule has 12 nitrogen and oxygen atoms in total. The second kappa shape index (κ2) is 16.2. The van der Waals surface area contributed by atoms with E-state index in [0.29, 0.717) is 46.6 Å². The van der Waals surface area contributed by atoms with Crippen LogP contribution >= 0.6 is 11.3 Å². The van der Waals surface area contributed by atoms with Crippen molar-refractivity contribution in [3.05, 3.63) is 136 Å². The first-order valence-corrected chi connectivity index (χ1v) is 19.5. The summed E-state index contributed by atoms with van der Waals surface area (Å²) in [5, 5.41) is 15.3. The summed E-state index contributed by atoms with van der Waals surface area (Å²) in [6, 6.07) is 30.4. The van der Waals surface area contributed by atoms with Crippen LogP contribution in [0.4, 0.5) is 5.13 Å². The van der Waals surface area contributed by atoms with Crippen LogP contribution in [0.15, 0.2) is 102 Å². The van der Waals surface area contributed by atoms with Gasteiger partial charge in [0.2, 0.25) is 29.4 Å². The second-order valence-corrected chi connectivity index (χ2v) is 15.9. The fourth-order valence-electron chi connectivity index (χ4n) is 7.33.